The first-order valence-corrected chi connectivity index (χ1v) is 5.87. The Kier molecular flexibility index (Phi) is 1.96. The van der Waals surface area contributed by atoms with Crippen molar-refractivity contribution >= 4 is 27.4 Å². The SMILES string of the molecule is C=S(C)c1nc2ccccc2n1C. The summed E-state index contributed by atoms with van der Waals surface area (Å²) in [4.78, 5) is 4.52. The number of fused-ring (bicyclic) bond motifs is 1. The monoisotopic (exact) mass is 192 g/mol. The van der Waals surface area contributed by atoms with Gasteiger partial charge in [0, 0.05) is 7.05 Å². The molecular formula is C10H12N2S. The zero-order valence-electron chi connectivity index (χ0n) is 7.82. The zero-order chi connectivity index (χ0) is 9.42. The van der Waals surface area contributed by atoms with Crippen LogP contribution in [0.4, 0.5) is 0 Å². The molecule has 3 heteroatoms. The lowest BCUT2D eigenvalue weighted by atomic mass is 10.3. The van der Waals surface area contributed by atoms with E-state index in [9.17, 15) is 0 Å². The van der Waals surface area contributed by atoms with Crippen LogP contribution in [0.5, 0.6) is 0 Å². The van der Waals surface area contributed by atoms with E-state index in [1.54, 1.807) is 0 Å². The van der Waals surface area contributed by atoms with E-state index >= 15 is 0 Å². The van der Waals surface area contributed by atoms with Crippen molar-refractivity contribution in [1.29, 1.82) is 0 Å². The van der Waals surface area contributed by atoms with Crippen molar-refractivity contribution in [2.45, 2.75) is 5.16 Å². The molecule has 2 aromatic rings. The van der Waals surface area contributed by atoms with Crippen LogP contribution in [0.1, 0.15) is 0 Å². The lowest BCUT2D eigenvalue weighted by Gasteiger charge is -2.00. The molecular weight excluding hydrogens is 180 g/mol. The third-order valence-electron chi connectivity index (χ3n) is 2.06. The lowest BCUT2D eigenvalue weighted by Crippen LogP contribution is -1.90. The highest BCUT2D eigenvalue weighted by atomic mass is 32.2. The fourth-order valence-corrected chi connectivity index (χ4v) is 2.26. The molecule has 1 unspecified atom stereocenters. The Labute approximate surface area is 80.1 Å². The summed E-state index contributed by atoms with van der Waals surface area (Å²) in [6, 6.07) is 8.16. The zero-order valence-corrected chi connectivity index (χ0v) is 8.64. The highest BCUT2D eigenvalue weighted by Gasteiger charge is 2.05. The Morgan fingerprint density at radius 3 is 2.69 bits per heavy atom. The summed E-state index contributed by atoms with van der Waals surface area (Å²) < 4.78 is 2.12. The number of para-hydroxylation sites is 2. The summed E-state index contributed by atoms with van der Waals surface area (Å²) in [5.41, 5.74) is 2.24. The first kappa shape index (κ1) is 8.51. The second kappa shape index (κ2) is 3.00. The lowest BCUT2D eigenvalue weighted by molar-refractivity contribution is 0.816. The number of hydrogen-bond acceptors (Lipinski definition) is 1. The quantitative estimate of drug-likeness (QED) is 0.634. The number of nitrogens with zero attached hydrogens (tertiary/aromatic N) is 2. The number of hydrogen-bond donors (Lipinski definition) is 0. The average molecular weight is 192 g/mol. The summed E-state index contributed by atoms with van der Waals surface area (Å²) in [6.45, 7) is 0. The molecule has 13 heavy (non-hydrogen) atoms. The Hall–Kier alpha value is -1.09. The summed E-state index contributed by atoms with van der Waals surface area (Å²) >= 11 is 0. The molecule has 2 nitrogen and oxygen atoms in total. The normalized spacial score (nSPS) is 13.4. The van der Waals surface area contributed by atoms with E-state index in [0.717, 1.165) is 10.7 Å². The maximum Gasteiger partial charge on any atom is 0.162 e. The number of aromatic nitrogens is 2. The van der Waals surface area contributed by atoms with Crippen molar-refractivity contribution in [3.63, 3.8) is 0 Å². The Balaban J connectivity index is 2.81. The van der Waals surface area contributed by atoms with Gasteiger partial charge in [0.2, 0.25) is 0 Å². The highest BCUT2D eigenvalue weighted by molar-refractivity contribution is 8.13. The van der Waals surface area contributed by atoms with Gasteiger partial charge >= 0.3 is 0 Å². The molecule has 0 bridgehead atoms. The third-order valence-corrected chi connectivity index (χ3v) is 3.05. The van der Waals surface area contributed by atoms with E-state index in [1.807, 2.05) is 25.2 Å². The van der Waals surface area contributed by atoms with Gasteiger partial charge in [0.1, 0.15) is 0 Å². The Morgan fingerprint density at radius 2 is 2.08 bits per heavy atom. The van der Waals surface area contributed by atoms with Gasteiger partial charge in [0.15, 0.2) is 5.16 Å². The predicted octanol–water partition coefficient (Wildman–Crippen LogP) is 2.26. The van der Waals surface area contributed by atoms with Crippen LogP contribution >= 0.6 is 10.5 Å². The molecule has 0 saturated heterocycles. The molecule has 0 aliphatic heterocycles. The van der Waals surface area contributed by atoms with Crippen LogP contribution < -0.4 is 0 Å². The van der Waals surface area contributed by atoms with Gasteiger partial charge in [-0.3, -0.25) is 0 Å². The van der Waals surface area contributed by atoms with E-state index in [1.165, 1.54) is 5.52 Å². The van der Waals surface area contributed by atoms with Gasteiger partial charge in [-0.25, -0.2) is 4.98 Å². The number of aryl methyl sites for hydroxylation is 1. The van der Waals surface area contributed by atoms with Crippen molar-refractivity contribution in [3.05, 3.63) is 24.3 Å². The Bertz CT molecular complexity index is 471. The molecule has 0 aliphatic carbocycles. The van der Waals surface area contributed by atoms with E-state index in [4.69, 9.17) is 0 Å². The molecule has 0 N–H and O–H groups in total. The number of imidazole rings is 1. The van der Waals surface area contributed by atoms with Crippen molar-refractivity contribution in [2.75, 3.05) is 6.26 Å². The molecule has 0 saturated carbocycles. The molecule has 0 spiro atoms. The van der Waals surface area contributed by atoms with E-state index < -0.39 is 0 Å². The second-order valence-electron chi connectivity index (χ2n) is 3.08. The molecule has 68 valence electrons. The molecule has 1 atom stereocenters. The molecule has 0 radical (unpaired) electrons. The minimum absolute atomic E-state index is 0.0213. The second-order valence-corrected chi connectivity index (χ2v) is 4.72. The van der Waals surface area contributed by atoms with Gasteiger partial charge in [0.05, 0.1) is 11.0 Å². The number of benzene rings is 1. The van der Waals surface area contributed by atoms with Gasteiger partial charge < -0.3 is 4.57 Å². The molecule has 1 aromatic heterocycles. The summed E-state index contributed by atoms with van der Waals surface area (Å²) in [5.74, 6) is 4.01. The van der Waals surface area contributed by atoms with Gasteiger partial charge in [-0.2, -0.15) is 0 Å². The van der Waals surface area contributed by atoms with Crippen molar-refractivity contribution in [2.24, 2.45) is 7.05 Å². The van der Waals surface area contributed by atoms with Crippen LogP contribution in [-0.2, 0) is 7.05 Å². The minimum atomic E-state index is -0.0213. The van der Waals surface area contributed by atoms with Gasteiger partial charge in [0.25, 0.3) is 0 Å². The fourth-order valence-electron chi connectivity index (χ4n) is 1.44. The first-order valence-electron chi connectivity index (χ1n) is 4.07. The van der Waals surface area contributed by atoms with Crippen LogP contribution in [0, 0.1) is 0 Å². The van der Waals surface area contributed by atoms with Gasteiger partial charge in [-0.05, 0) is 18.4 Å². The van der Waals surface area contributed by atoms with Gasteiger partial charge in [-0.1, -0.05) is 18.0 Å². The van der Waals surface area contributed by atoms with Gasteiger partial charge in [-0.15, -0.1) is 10.5 Å². The molecule has 1 heterocycles. The van der Waals surface area contributed by atoms with E-state index in [-0.39, 0.29) is 10.5 Å². The van der Waals surface area contributed by atoms with Crippen molar-refractivity contribution < 1.29 is 0 Å². The van der Waals surface area contributed by atoms with Crippen LogP contribution in [0.15, 0.2) is 29.4 Å². The minimum Gasteiger partial charge on any atom is -0.322 e. The van der Waals surface area contributed by atoms with E-state index in [0.29, 0.717) is 0 Å². The summed E-state index contributed by atoms with van der Waals surface area (Å²) in [6.07, 6.45) is 2.08. The first-order chi connectivity index (χ1) is 6.20. The highest BCUT2D eigenvalue weighted by Crippen LogP contribution is 2.23. The van der Waals surface area contributed by atoms with Crippen LogP contribution in [0.25, 0.3) is 11.0 Å². The largest absolute Gasteiger partial charge is 0.322 e. The maximum atomic E-state index is 4.52. The average Bonchev–Trinajstić information content (AvgIpc) is 2.45. The standard InChI is InChI=1S/C10H12N2S/c1-12-9-7-5-4-6-8(9)11-10(12)13(2)3/h4-7H,2H2,1,3H3. The Morgan fingerprint density at radius 1 is 1.38 bits per heavy atom. The third kappa shape index (κ3) is 1.29. The maximum absolute atomic E-state index is 4.52. The summed E-state index contributed by atoms with van der Waals surface area (Å²) in [7, 11) is 2.02. The van der Waals surface area contributed by atoms with E-state index in [2.05, 4.69) is 27.7 Å². The molecule has 1 aromatic carbocycles. The van der Waals surface area contributed by atoms with Crippen LogP contribution in [0.2, 0.25) is 0 Å². The predicted molar refractivity (Wildman–Crippen MR) is 59.6 cm³/mol. The molecule has 0 amide bonds. The molecule has 0 aliphatic rings. The molecule has 0 fully saturated rings. The van der Waals surface area contributed by atoms with Crippen LogP contribution in [0.3, 0.4) is 0 Å². The van der Waals surface area contributed by atoms with Crippen molar-refractivity contribution in [3.8, 4) is 0 Å². The number of rotatable bonds is 1. The van der Waals surface area contributed by atoms with Crippen molar-refractivity contribution in [1.82, 2.24) is 9.55 Å². The topological polar surface area (TPSA) is 17.8 Å². The summed E-state index contributed by atoms with van der Waals surface area (Å²) in [5, 5.41) is 1.07. The van der Waals surface area contributed by atoms with Crippen LogP contribution in [-0.4, -0.2) is 21.7 Å². The smallest absolute Gasteiger partial charge is 0.162 e. The molecule has 2 rings (SSSR count). The fraction of sp³-hybridized carbons (Fsp3) is 0.200.